The zero-order chi connectivity index (χ0) is 15.8. The zero-order valence-electron chi connectivity index (χ0n) is 13.2. The molecule has 1 saturated heterocycles. The molecule has 2 aromatic carbocycles. The van der Waals surface area contributed by atoms with Crippen LogP contribution in [0.1, 0.15) is 29.2 Å². The lowest BCUT2D eigenvalue weighted by molar-refractivity contribution is 0.0813. The van der Waals surface area contributed by atoms with Crippen molar-refractivity contribution in [2.45, 2.75) is 25.9 Å². The summed E-state index contributed by atoms with van der Waals surface area (Å²) in [5.74, 6) is 1.51. The first-order chi connectivity index (χ1) is 11.2. The molecule has 2 aliphatic rings. The Morgan fingerprint density at radius 1 is 1.09 bits per heavy atom. The number of benzene rings is 2. The Kier molecular flexibility index (Phi) is 3.69. The van der Waals surface area contributed by atoms with E-state index in [2.05, 4.69) is 24.0 Å². The van der Waals surface area contributed by atoms with Crippen molar-refractivity contribution >= 4 is 0 Å². The number of likely N-dealkylation sites (tertiary alicyclic amines) is 1. The number of hydrogen-bond donors (Lipinski definition) is 0. The highest BCUT2D eigenvalue weighted by molar-refractivity contribution is 5.47. The minimum atomic E-state index is -0.178. The molecule has 0 amide bonds. The van der Waals surface area contributed by atoms with E-state index in [0.29, 0.717) is 19.3 Å². The van der Waals surface area contributed by atoms with Crippen molar-refractivity contribution in [1.29, 1.82) is 0 Å². The van der Waals surface area contributed by atoms with E-state index in [9.17, 15) is 4.39 Å². The second kappa shape index (κ2) is 5.85. The molecule has 2 aromatic rings. The Labute approximate surface area is 135 Å². The third-order valence-corrected chi connectivity index (χ3v) is 4.76. The molecule has 0 radical (unpaired) electrons. The summed E-state index contributed by atoms with van der Waals surface area (Å²) in [5.41, 5.74) is 3.67. The van der Waals surface area contributed by atoms with Gasteiger partial charge in [0.1, 0.15) is 19.0 Å². The fraction of sp³-hybridized carbons (Fsp3) is 0.368. The molecule has 3 nitrogen and oxygen atoms in total. The van der Waals surface area contributed by atoms with E-state index in [1.54, 1.807) is 12.1 Å². The lowest BCUT2D eigenvalue weighted by atomic mass is 9.93. The SMILES string of the molecule is Cc1cc2c(cc1CN1CCC1c1ccc(F)cc1)OCCO2. The van der Waals surface area contributed by atoms with Gasteiger partial charge in [0, 0.05) is 19.1 Å². The summed E-state index contributed by atoms with van der Waals surface area (Å²) in [4.78, 5) is 2.42. The molecule has 1 atom stereocenters. The Hall–Kier alpha value is -2.07. The Morgan fingerprint density at radius 2 is 1.78 bits per heavy atom. The average Bonchev–Trinajstić information content (AvgIpc) is 2.54. The van der Waals surface area contributed by atoms with Gasteiger partial charge in [-0.3, -0.25) is 4.90 Å². The summed E-state index contributed by atoms with van der Waals surface area (Å²) in [7, 11) is 0. The highest BCUT2D eigenvalue weighted by Crippen LogP contribution is 2.38. The van der Waals surface area contributed by atoms with Crippen LogP contribution >= 0.6 is 0 Å². The van der Waals surface area contributed by atoms with Gasteiger partial charge >= 0.3 is 0 Å². The van der Waals surface area contributed by atoms with Crippen LogP contribution in [0.5, 0.6) is 11.5 Å². The molecule has 1 unspecified atom stereocenters. The summed E-state index contributed by atoms with van der Waals surface area (Å²) < 4.78 is 24.4. The molecule has 0 spiro atoms. The molecular formula is C19H20FNO2. The minimum absolute atomic E-state index is 0.178. The number of rotatable bonds is 3. The van der Waals surface area contributed by atoms with Crippen molar-refractivity contribution in [2.24, 2.45) is 0 Å². The molecule has 0 bridgehead atoms. The number of ether oxygens (including phenoxy) is 2. The van der Waals surface area contributed by atoms with Gasteiger partial charge in [0.05, 0.1) is 0 Å². The Morgan fingerprint density at radius 3 is 2.43 bits per heavy atom. The number of hydrogen-bond acceptors (Lipinski definition) is 3. The van der Waals surface area contributed by atoms with Gasteiger partial charge in [0.2, 0.25) is 0 Å². The van der Waals surface area contributed by atoms with Gasteiger partial charge in [-0.25, -0.2) is 4.39 Å². The van der Waals surface area contributed by atoms with Crippen molar-refractivity contribution in [1.82, 2.24) is 4.90 Å². The van der Waals surface area contributed by atoms with Crippen LogP contribution in [-0.4, -0.2) is 24.7 Å². The van der Waals surface area contributed by atoms with E-state index in [1.165, 1.54) is 16.7 Å². The minimum Gasteiger partial charge on any atom is -0.486 e. The predicted molar refractivity (Wildman–Crippen MR) is 86.3 cm³/mol. The first-order valence-electron chi connectivity index (χ1n) is 8.09. The molecule has 23 heavy (non-hydrogen) atoms. The zero-order valence-corrected chi connectivity index (χ0v) is 13.2. The summed E-state index contributed by atoms with van der Waals surface area (Å²) in [6.45, 7) is 5.28. The van der Waals surface area contributed by atoms with E-state index in [1.807, 2.05) is 12.1 Å². The monoisotopic (exact) mass is 313 g/mol. The fourth-order valence-electron chi connectivity index (χ4n) is 3.31. The highest BCUT2D eigenvalue weighted by atomic mass is 19.1. The quantitative estimate of drug-likeness (QED) is 0.859. The molecule has 4 rings (SSSR count). The number of nitrogens with zero attached hydrogens (tertiary/aromatic N) is 1. The molecule has 0 aromatic heterocycles. The van der Waals surface area contributed by atoms with E-state index in [4.69, 9.17) is 9.47 Å². The molecule has 1 fully saturated rings. The summed E-state index contributed by atoms with van der Waals surface area (Å²) in [6, 6.07) is 11.4. The first-order valence-corrected chi connectivity index (χ1v) is 8.09. The second-order valence-electron chi connectivity index (χ2n) is 6.25. The smallest absolute Gasteiger partial charge is 0.161 e. The maximum atomic E-state index is 13.1. The van der Waals surface area contributed by atoms with Crippen LogP contribution in [0.15, 0.2) is 36.4 Å². The Bertz CT molecular complexity index is 714. The van der Waals surface area contributed by atoms with Crippen LogP contribution in [0.4, 0.5) is 4.39 Å². The van der Waals surface area contributed by atoms with Crippen molar-refractivity contribution in [3.63, 3.8) is 0 Å². The van der Waals surface area contributed by atoms with E-state index in [-0.39, 0.29) is 5.82 Å². The third-order valence-electron chi connectivity index (χ3n) is 4.76. The fourth-order valence-corrected chi connectivity index (χ4v) is 3.31. The van der Waals surface area contributed by atoms with E-state index in [0.717, 1.165) is 31.0 Å². The normalized spacial score (nSPS) is 20.2. The number of halogens is 1. The number of aryl methyl sites for hydroxylation is 1. The van der Waals surface area contributed by atoms with Crippen LogP contribution in [0, 0.1) is 12.7 Å². The molecule has 2 aliphatic heterocycles. The van der Waals surface area contributed by atoms with Crippen LogP contribution in [0.25, 0.3) is 0 Å². The third kappa shape index (κ3) is 2.79. The first kappa shape index (κ1) is 14.5. The lowest BCUT2D eigenvalue weighted by Crippen LogP contribution is -2.40. The molecule has 0 saturated carbocycles. The Balaban J connectivity index is 1.53. The lowest BCUT2D eigenvalue weighted by Gasteiger charge is -2.41. The van der Waals surface area contributed by atoms with Crippen LogP contribution in [0.3, 0.4) is 0 Å². The van der Waals surface area contributed by atoms with Gasteiger partial charge in [0.25, 0.3) is 0 Å². The van der Waals surface area contributed by atoms with Gasteiger partial charge in [-0.15, -0.1) is 0 Å². The standard InChI is InChI=1S/C19H20FNO2/c1-13-10-18-19(23-9-8-22-18)11-15(13)12-21-7-6-17(21)14-2-4-16(20)5-3-14/h2-5,10-11,17H,6-9,12H2,1H3. The van der Waals surface area contributed by atoms with Gasteiger partial charge in [-0.05, 0) is 54.3 Å². The summed E-state index contributed by atoms with van der Waals surface area (Å²) >= 11 is 0. The molecule has 0 N–H and O–H groups in total. The summed E-state index contributed by atoms with van der Waals surface area (Å²) in [6.07, 6.45) is 1.12. The number of fused-ring (bicyclic) bond motifs is 1. The van der Waals surface area contributed by atoms with Gasteiger partial charge < -0.3 is 9.47 Å². The van der Waals surface area contributed by atoms with Crippen molar-refractivity contribution in [3.05, 3.63) is 58.9 Å². The maximum absolute atomic E-state index is 13.1. The van der Waals surface area contributed by atoms with Crippen LogP contribution in [0.2, 0.25) is 0 Å². The van der Waals surface area contributed by atoms with Crippen molar-refractivity contribution in [3.8, 4) is 11.5 Å². The van der Waals surface area contributed by atoms with Gasteiger partial charge in [-0.2, -0.15) is 0 Å². The van der Waals surface area contributed by atoms with Crippen molar-refractivity contribution in [2.75, 3.05) is 19.8 Å². The highest BCUT2D eigenvalue weighted by Gasteiger charge is 2.30. The molecule has 0 aliphatic carbocycles. The molecule has 4 heteroatoms. The molecule has 2 heterocycles. The molecular weight excluding hydrogens is 293 g/mol. The van der Waals surface area contributed by atoms with E-state index >= 15 is 0 Å². The van der Waals surface area contributed by atoms with Crippen LogP contribution in [-0.2, 0) is 6.54 Å². The topological polar surface area (TPSA) is 21.7 Å². The summed E-state index contributed by atoms with van der Waals surface area (Å²) in [5, 5.41) is 0. The predicted octanol–water partition coefficient (Wildman–Crippen LogP) is 3.85. The van der Waals surface area contributed by atoms with Gasteiger partial charge in [-0.1, -0.05) is 12.1 Å². The van der Waals surface area contributed by atoms with Crippen LogP contribution < -0.4 is 9.47 Å². The molecule has 120 valence electrons. The maximum Gasteiger partial charge on any atom is 0.161 e. The second-order valence-corrected chi connectivity index (χ2v) is 6.25. The average molecular weight is 313 g/mol. The van der Waals surface area contributed by atoms with Gasteiger partial charge in [0.15, 0.2) is 11.5 Å². The van der Waals surface area contributed by atoms with E-state index < -0.39 is 0 Å². The van der Waals surface area contributed by atoms with Crippen molar-refractivity contribution < 1.29 is 13.9 Å². The largest absolute Gasteiger partial charge is 0.486 e.